The van der Waals surface area contributed by atoms with Gasteiger partial charge in [0.25, 0.3) is 0 Å². The van der Waals surface area contributed by atoms with E-state index < -0.39 is 11.9 Å². The zero-order chi connectivity index (χ0) is 14.5. The quantitative estimate of drug-likeness (QED) is 0.484. The number of carbonyl (C=O) groups is 2. The third-order valence-corrected chi connectivity index (χ3v) is 2.67. The second-order valence-electron chi connectivity index (χ2n) is 4.05. The van der Waals surface area contributed by atoms with Crippen LogP contribution in [-0.2, 0) is 9.59 Å². The summed E-state index contributed by atoms with van der Waals surface area (Å²) in [5, 5.41) is 0.507. The van der Waals surface area contributed by atoms with Gasteiger partial charge in [-0.3, -0.25) is 0 Å². The SMILES string of the molecule is Cc1ccc(OC(=O)C(=O)Oc2ccc(Cl)cc2)cc1. The van der Waals surface area contributed by atoms with Gasteiger partial charge >= 0.3 is 11.9 Å². The first-order valence-electron chi connectivity index (χ1n) is 5.81. The number of halogens is 1. The number of aryl methyl sites for hydroxylation is 1. The number of carbonyl (C=O) groups excluding carboxylic acids is 2. The smallest absolute Gasteiger partial charge is 0.418 e. The second-order valence-corrected chi connectivity index (χ2v) is 4.48. The van der Waals surface area contributed by atoms with Crippen LogP contribution >= 0.6 is 11.6 Å². The lowest BCUT2D eigenvalue weighted by Gasteiger charge is -2.05. The predicted octanol–water partition coefficient (Wildman–Crippen LogP) is 3.16. The van der Waals surface area contributed by atoms with Gasteiger partial charge in [-0.05, 0) is 43.3 Å². The van der Waals surface area contributed by atoms with Crippen LogP contribution in [0, 0.1) is 6.92 Å². The topological polar surface area (TPSA) is 52.6 Å². The molecular weight excluding hydrogens is 280 g/mol. The molecule has 0 saturated carbocycles. The van der Waals surface area contributed by atoms with Gasteiger partial charge in [-0.15, -0.1) is 0 Å². The summed E-state index contributed by atoms with van der Waals surface area (Å²) >= 11 is 5.70. The Hall–Kier alpha value is -2.33. The Bertz CT molecular complexity index is 560. The Morgan fingerprint density at radius 2 is 1.20 bits per heavy atom. The van der Waals surface area contributed by atoms with Crippen molar-refractivity contribution in [2.75, 3.05) is 0 Å². The number of ether oxygens (including phenoxy) is 2. The summed E-state index contributed by atoms with van der Waals surface area (Å²) < 4.78 is 9.74. The predicted molar refractivity (Wildman–Crippen MR) is 73.9 cm³/mol. The van der Waals surface area contributed by atoms with Crippen molar-refractivity contribution >= 4 is 23.5 Å². The fourth-order valence-corrected chi connectivity index (χ4v) is 1.53. The van der Waals surface area contributed by atoms with E-state index in [9.17, 15) is 9.59 Å². The molecular formula is C15H11ClO4. The summed E-state index contributed by atoms with van der Waals surface area (Å²) in [6.07, 6.45) is 0. The van der Waals surface area contributed by atoms with E-state index in [1.165, 1.54) is 12.1 Å². The summed E-state index contributed by atoms with van der Waals surface area (Å²) in [6, 6.07) is 12.8. The van der Waals surface area contributed by atoms with Crippen LogP contribution in [-0.4, -0.2) is 11.9 Å². The van der Waals surface area contributed by atoms with E-state index in [1.54, 1.807) is 36.4 Å². The molecule has 0 bridgehead atoms. The Labute approximate surface area is 120 Å². The minimum atomic E-state index is -1.09. The molecule has 2 rings (SSSR count). The molecule has 5 heteroatoms. The van der Waals surface area contributed by atoms with Gasteiger partial charge in [-0.25, -0.2) is 9.59 Å². The highest BCUT2D eigenvalue weighted by Gasteiger charge is 2.19. The summed E-state index contributed by atoms with van der Waals surface area (Å²) in [4.78, 5) is 23.1. The van der Waals surface area contributed by atoms with Crippen LogP contribution < -0.4 is 9.47 Å². The van der Waals surface area contributed by atoms with Crippen molar-refractivity contribution in [3.63, 3.8) is 0 Å². The summed E-state index contributed by atoms with van der Waals surface area (Å²) in [6.45, 7) is 1.90. The number of hydrogen-bond donors (Lipinski definition) is 0. The van der Waals surface area contributed by atoms with E-state index in [2.05, 4.69) is 0 Å². The normalized spacial score (nSPS) is 9.90. The van der Waals surface area contributed by atoms with E-state index >= 15 is 0 Å². The molecule has 0 aromatic heterocycles. The third kappa shape index (κ3) is 3.83. The Morgan fingerprint density at radius 1 is 0.800 bits per heavy atom. The number of rotatable bonds is 2. The Kier molecular flexibility index (Phi) is 4.38. The van der Waals surface area contributed by atoms with Crippen molar-refractivity contribution in [2.45, 2.75) is 6.92 Å². The first kappa shape index (κ1) is 14.1. The van der Waals surface area contributed by atoms with Gasteiger partial charge in [0.1, 0.15) is 11.5 Å². The molecule has 0 amide bonds. The first-order chi connectivity index (χ1) is 9.54. The molecule has 0 aliphatic carbocycles. The van der Waals surface area contributed by atoms with E-state index in [0.29, 0.717) is 5.02 Å². The molecule has 0 saturated heterocycles. The van der Waals surface area contributed by atoms with Crippen LogP contribution in [0.4, 0.5) is 0 Å². The fourth-order valence-electron chi connectivity index (χ4n) is 1.41. The van der Waals surface area contributed by atoms with Crippen molar-refractivity contribution in [1.82, 2.24) is 0 Å². The largest absolute Gasteiger partial charge is 0.423 e. The Morgan fingerprint density at radius 3 is 1.65 bits per heavy atom. The molecule has 102 valence electrons. The molecule has 0 fully saturated rings. The standard InChI is InChI=1S/C15H11ClO4/c1-10-2-6-12(7-3-10)19-14(17)15(18)20-13-8-4-11(16)5-9-13/h2-9H,1H3. The summed E-state index contributed by atoms with van der Waals surface area (Å²) in [7, 11) is 0. The maximum atomic E-state index is 11.5. The molecule has 0 atom stereocenters. The summed E-state index contributed by atoms with van der Waals surface area (Å²) in [5.74, 6) is -1.66. The van der Waals surface area contributed by atoms with Gasteiger partial charge in [-0.1, -0.05) is 29.3 Å². The highest BCUT2D eigenvalue weighted by molar-refractivity contribution is 6.31. The maximum absolute atomic E-state index is 11.5. The molecule has 0 spiro atoms. The van der Waals surface area contributed by atoms with Crippen molar-refractivity contribution < 1.29 is 19.1 Å². The molecule has 4 nitrogen and oxygen atoms in total. The fraction of sp³-hybridized carbons (Fsp3) is 0.0667. The zero-order valence-corrected chi connectivity index (χ0v) is 11.4. The number of hydrogen-bond acceptors (Lipinski definition) is 4. The minimum absolute atomic E-state index is 0.222. The van der Waals surface area contributed by atoms with Crippen molar-refractivity contribution in [3.8, 4) is 11.5 Å². The zero-order valence-electron chi connectivity index (χ0n) is 10.6. The van der Waals surface area contributed by atoms with Crippen LogP contribution in [0.3, 0.4) is 0 Å². The number of esters is 2. The molecule has 2 aromatic carbocycles. The van der Waals surface area contributed by atoms with E-state index in [-0.39, 0.29) is 11.5 Å². The average molecular weight is 291 g/mol. The molecule has 0 aliphatic heterocycles. The average Bonchev–Trinajstić information content (AvgIpc) is 2.44. The highest BCUT2D eigenvalue weighted by Crippen LogP contribution is 2.16. The third-order valence-electron chi connectivity index (χ3n) is 2.42. The van der Waals surface area contributed by atoms with Gasteiger partial charge < -0.3 is 9.47 Å². The summed E-state index contributed by atoms with van der Waals surface area (Å²) in [5.41, 5.74) is 1.02. The lowest BCUT2D eigenvalue weighted by Crippen LogP contribution is -2.25. The molecule has 20 heavy (non-hydrogen) atoms. The molecule has 2 aromatic rings. The van der Waals surface area contributed by atoms with E-state index in [4.69, 9.17) is 21.1 Å². The lowest BCUT2D eigenvalue weighted by molar-refractivity contribution is -0.156. The van der Waals surface area contributed by atoms with Gasteiger partial charge in [0, 0.05) is 5.02 Å². The molecule has 0 unspecified atom stereocenters. The minimum Gasteiger partial charge on any atom is -0.418 e. The van der Waals surface area contributed by atoms with Crippen LogP contribution in [0.15, 0.2) is 48.5 Å². The molecule has 0 heterocycles. The van der Waals surface area contributed by atoms with Crippen molar-refractivity contribution in [2.24, 2.45) is 0 Å². The molecule has 0 N–H and O–H groups in total. The molecule has 0 aliphatic rings. The van der Waals surface area contributed by atoms with Crippen LogP contribution in [0.5, 0.6) is 11.5 Å². The molecule has 0 radical (unpaired) electrons. The number of benzene rings is 2. The van der Waals surface area contributed by atoms with E-state index in [1.807, 2.05) is 6.92 Å². The van der Waals surface area contributed by atoms with Gasteiger partial charge in [0.15, 0.2) is 0 Å². The Balaban J connectivity index is 1.96. The van der Waals surface area contributed by atoms with Crippen molar-refractivity contribution in [1.29, 1.82) is 0 Å². The van der Waals surface area contributed by atoms with Crippen LogP contribution in [0.2, 0.25) is 5.02 Å². The van der Waals surface area contributed by atoms with Crippen LogP contribution in [0.1, 0.15) is 5.56 Å². The van der Waals surface area contributed by atoms with Gasteiger partial charge in [0.05, 0.1) is 0 Å². The van der Waals surface area contributed by atoms with Gasteiger partial charge in [-0.2, -0.15) is 0 Å². The lowest BCUT2D eigenvalue weighted by atomic mass is 10.2. The monoisotopic (exact) mass is 290 g/mol. The highest BCUT2D eigenvalue weighted by atomic mass is 35.5. The first-order valence-corrected chi connectivity index (χ1v) is 6.18. The van der Waals surface area contributed by atoms with E-state index in [0.717, 1.165) is 5.56 Å². The second kappa shape index (κ2) is 6.21. The van der Waals surface area contributed by atoms with Gasteiger partial charge in [0.2, 0.25) is 0 Å². The van der Waals surface area contributed by atoms with Crippen LogP contribution in [0.25, 0.3) is 0 Å². The maximum Gasteiger partial charge on any atom is 0.423 e. The van der Waals surface area contributed by atoms with Crippen molar-refractivity contribution in [3.05, 3.63) is 59.1 Å².